The molecule has 4 heterocycles. The second kappa shape index (κ2) is 8.32. The molecule has 28 heavy (non-hydrogen) atoms. The number of rotatable bonds is 3. The molecule has 3 saturated heterocycles. The number of nitrogens with zero attached hydrogens (tertiary/aromatic N) is 5. The molecule has 0 spiro atoms. The fourth-order valence-corrected chi connectivity index (χ4v) is 4.44. The Morgan fingerprint density at radius 2 is 1.79 bits per heavy atom. The molecule has 8 heteroatoms. The predicted molar refractivity (Wildman–Crippen MR) is 107 cm³/mol. The first-order valence-electron chi connectivity index (χ1n) is 10.5. The first-order valence-corrected chi connectivity index (χ1v) is 10.5. The molecule has 1 aromatic rings. The van der Waals surface area contributed by atoms with Gasteiger partial charge in [-0.25, -0.2) is 0 Å². The monoisotopic (exact) mass is 386 g/mol. The van der Waals surface area contributed by atoms with Crippen LogP contribution in [0.25, 0.3) is 0 Å². The van der Waals surface area contributed by atoms with Crippen LogP contribution in [0, 0.1) is 5.92 Å². The van der Waals surface area contributed by atoms with E-state index in [1.54, 1.807) is 0 Å². The molecular formula is C20H30N6O2. The molecular weight excluding hydrogens is 356 g/mol. The van der Waals surface area contributed by atoms with Crippen molar-refractivity contribution in [2.24, 2.45) is 5.92 Å². The van der Waals surface area contributed by atoms with Crippen LogP contribution in [-0.2, 0) is 9.59 Å². The maximum Gasteiger partial charge on any atom is 0.227 e. The van der Waals surface area contributed by atoms with Crippen molar-refractivity contribution in [1.82, 2.24) is 20.4 Å². The van der Waals surface area contributed by atoms with Gasteiger partial charge in [0.1, 0.15) is 0 Å². The summed E-state index contributed by atoms with van der Waals surface area (Å²) in [5.41, 5.74) is 0. The number of piperazine rings is 1. The van der Waals surface area contributed by atoms with Gasteiger partial charge >= 0.3 is 0 Å². The van der Waals surface area contributed by atoms with E-state index in [0.717, 1.165) is 31.3 Å². The fraction of sp³-hybridized carbons (Fsp3) is 0.700. The third-order valence-corrected chi connectivity index (χ3v) is 6.26. The number of aromatic nitrogens is 2. The largest absolute Gasteiger partial charge is 0.355 e. The van der Waals surface area contributed by atoms with Gasteiger partial charge in [0.05, 0.1) is 5.92 Å². The van der Waals surface area contributed by atoms with Crippen LogP contribution in [0.5, 0.6) is 0 Å². The van der Waals surface area contributed by atoms with Gasteiger partial charge in [0.2, 0.25) is 11.8 Å². The Morgan fingerprint density at radius 3 is 2.43 bits per heavy atom. The average Bonchev–Trinajstić information content (AvgIpc) is 2.74. The van der Waals surface area contributed by atoms with Gasteiger partial charge in [-0.15, -0.1) is 10.2 Å². The number of nitrogens with one attached hydrogen (secondary N) is 1. The molecule has 0 saturated carbocycles. The first-order chi connectivity index (χ1) is 13.6. The fourth-order valence-electron chi connectivity index (χ4n) is 4.44. The highest BCUT2D eigenvalue weighted by atomic mass is 16.2. The Balaban J connectivity index is 1.31. The summed E-state index contributed by atoms with van der Waals surface area (Å²) in [6.07, 6.45) is 4.83. The summed E-state index contributed by atoms with van der Waals surface area (Å²) in [6.45, 7) is 6.68. The van der Waals surface area contributed by atoms with E-state index >= 15 is 0 Å². The number of carbonyl (C=O) groups excluding carboxylic acids is 2. The minimum Gasteiger partial charge on any atom is -0.355 e. The summed E-state index contributed by atoms with van der Waals surface area (Å²) < 4.78 is 0. The summed E-state index contributed by atoms with van der Waals surface area (Å²) >= 11 is 0. The number of carbonyl (C=O) groups is 2. The smallest absolute Gasteiger partial charge is 0.227 e. The van der Waals surface area contributed by atoms with Crippen molar-refractivity contribution in [3.63, 3.8) is 0 Å². The molecule has 0 bridgehead atoms. The van der Waals surface area contributed by atoms with Crippen LogP contribution < -0.4 is 15.1 Å². The normalized spacial score (nSPS) is 26.2. The minimum atomic E-state index is -0.0742. The van der Waals surface area contributed by atoms with Crippen molar-refractivity contribution in [2.75, 3.05) is 49.1 Å². The highest BCUT2D eigenvalue weighted by Gasteiger charge is 2.30. The van der Waals surface area contributed by atoms with E-state index in [1.807, 2.05) is 4.90 Å². The van der Waals surface area contributed by atoms with Gasteiger partial charge in [0, 0.05) is 51.7 Å². The van der Waals surface area contributed by atoms with Crippen LogP contribution in [0.3, 0.4) is 0 Å². The topological polar surface area (TPSA) is 81.7 Å². The molecule has 3 aliphatic rings. The summed E-state index contributed by atoms with van der Waals surface area (Å²) in [5.74, 6) is 1.99. The molecule has 2 unspecified atom stereocenters. The Kier molecular flexibility index (Phi) is 5.64. The zero-order valence-electron chi connectivity index (χ0n) is 16.6. The standard InChI is InChI=1S/C20H30N6O2/c1-15-4-2-3-9-26(15)18-7-6-17(22-23-18)24-10-12-25(13-11-24)20(28)16-5-8-19(27)21-14-16/h6-7,15-16H,2-5,8-14H2,1H3,(H,21,27). The van der Waals surface area contributed by atoms with Crippen molar-refractivity contribution in [1.29, 1.82) is 0 Å². The van der Waals surface area contributed by atoms with Crippen LogP contribution in [0.2, 0.25) is 0 Å². The Morgan fingerprint density at radius 1 is 1.04 bits per heavy atom. The molecule has 2 amide bonds. The molecule has 0 aromatic carbocycles. The van der Waals surface area contributed by atoms with E-state index < -0.39 is 0 Å². The molecule has 1 aromatic heterocycles. The first kappa shape index (κ1) is 19.0. The van der Waals surface area contributed by atoms with Crippen LogP contribution in [0.4, 0.5) is 11.6 Å². The van der Waals surface area contributed by atoms with Crippen molar-refractivity contribution in [3.8, 4) is 0 Å². The SMILES string of the molecule is CC1CCCCN1c1ccc(N2CCN(C(=O)C3CCC(=O)NC3)CC2)nn1. The number of piperidine rings is 2. The van der Waals surface area contributed by atoms with Crippen molar-refractivity contribution < 1.29 is 9.59 Å². The van der Waals surface area contributed by atoms with E-state index in [9.17, 15) is 9.59 Å². The molecule has 3 aliphatic heterocycles. The zero-order valence-corrected chi connectivity index (χ0v) is 16.6. The Labute approximate surface area is 166 Å². The number of hydrogen-bond acceptors (Lipinski definition) is 6. The van der Waals surface area contributed by atoms with Gasteiger partial charge in [-0.1, -0.05) is 0 Å². The predicted octanol–water partition coefficient (Wildman–Crippen LogP) is 1.03. The highest BCUT2D eigenvalue weighted by Crippen LogP contribution is 2.24. The number of anilines is 2. The number of hydrogen-bond donors (Lipinski definition) is 1. The van der Waals surface area contributed by atoms with E-state index in [0.29, 0.717) is 38.5 Å². The summed E-state index contributed by atoms with van der Waals surface area (Å²) in [5, 5.41) is 11.7. The average molecular weight is 387 g/mol. The highest BCUT2D eigenvalue weighted by molar-refractivity contribution is 5.84. The van der Waals surface area contributed by atoms with E-state index in [1.165, 1.54) is 19.3 Å². The third-order valence-electron chi connectivity index (χ3n) is 6.26. The van der Waals surface area contributed by atoms with E-state index in [4.69, 9.17) is 0 Å². The lowest BCUT2D eigenvalue weighted by atomic mass is 9.97. The van der Waals surface area contributed by atoms with Gasteiger partial charge < -0.3 is 20.0 Å². The Hall–Kier alpha value is -2.38. The molecule has 0 aliphatic carbocycles. The number of amides is 2. The third kappa shape index (κ3) is 4.05. The maximum atomic E-state index is 12.7. The van der Waals surface area contributed by atoms with Gasteiger partial charge in [-0.2, -0.15) is 0 Å². The summed E-state index contributed by atoms with van der Waals surface area (Å²) in [7, 11) is 0. The van der Waals surface area contributed by atoms with Gasteiger partial charge in [0.25, 0.3) is 0 Å². The van der Waals surface area contributed by atoms with Crippen LogP contribution in [0.15, 0.2) is 12.1 Å². The summed E-state index contributed by atoms with van der Waals surface area (Å²) in [6, 6.07) is 4.65. The molecule has 0 radical (unpaired) electrons. The van der Waals surface area contributed by atoms with E-state index in [2.05, 4.69) is 44.4 Å². The zero-order chi connectivity index (χ0) is 19.5. The Bertz CT molecular complexity index is 691. The van der Waals surface area contributed by atoms with Crippen LogP contribution in [-0.4, -0.2) is 72.2 Å². The molecule has 152 valence electrons. The van der Waals surface area contributed by atoms with Crippen molar-refractivity contribution in [2.45, 2.75) is 45.1 Å². The second-order valence-corrected chi connectivity index (χ2v) is 8.14. The minimum absolute atomic E-state index is 0.0508. The van der Waals surface area contributed by atoms with Gasteiger partial charge in [0.15, 0.2) is 11.6 Å². The summed E-state index contributed by atoms with van der Waals surface area (Å²) in [4.78, 5) is 30.4. The lowest BCUT2D eigenvalue weighted by molar-refractivity contribution is -0.137. The quantitative estimate of drug-likeness (QED) is 0.836. The van der Waals surface area contributed by atoms with E-state index in [-0.39, 0.29) is 17.7 Å². The molecule has 2 atom stereocenters. The van der Waals surface area contributed by atoms with Gasteiger partial charge in [-0.3, -0.25) is 9.59 Å². The lowest BCUT2D eigenvalue weighted by Crippen LogP contribution is -2.52. The van der Waals surface area contributed by atoms with Crippen molar-refractivity contribution >= 4 is 23.5 Å². The molecule has 8 nitrogen and oxygen atoms in total. The van der Waals surface area contributed by atoms with Crippen LogP contribution >= 0.6 is 0 Å². The molecule has 4 rings (SSSR count). The van der Waals surface area contributed by atoms with Crippen molar-refractivity contribution in [3.05, 3.63) is 12.1 Å². The van der Waals surface area contributed by atoms with Gasteiger partial charge in [-0.05, 0) is 44.7 Å². The second-order valence-electron chi connectivity index (χ2n) is 8.14. The van der Waals surface area contributed by atoms with Crippen LogP contribution in [0.1, 0.15) is 39.0 Å². The maximum absolute atomic E-state index is 12.7. The lowest BCUT2D eigenvalue weighted by Gasteiger charge is -2.37. The molecule has 3 fully saturated rings. The molecule has 1 N–H and O–H groups in total.